The first kappa shape index (κ1) is 11.4. The van der Waals surface area contributed by atoms with E-state index in [2.05, 4.69) is 23.8 Å². The van der Waals surface area contributed by atoms with Crippen LogP contribution in [0, 0.1) is 0 Å². The highest BCUT2D eigenvalue weighted by atomic mass is 15.2. The van der Waals surface area contributed by atoms with Crippen LogP contribution in [0.25, 0.3) is 0 Å². The molecule has 1 aliphatic carbocycles. The summed E-state index contributed by atoms with van der Waals surface area (Å²) in [7, 11) is 2.30. The van der Waals surface area contributed by atoms with Gasteiger partial charge in [-0.2, -0.15) is 0 Å². The molecule has 2 heteroatoms. The Balaban J connectivity index is 1.98. The first-order chi connectivity index (χ1) is 7.33. The summed E-state index contributed by atoms with van der Waals surface area (Å²) in [6.45, 7) is 6.21. The summed E-state index contributed by atoms with van der Waals surface area (Å²) < 4.78 is 0. The van der Waals surface area contributed by atoms with Crippen LogP contribution in [0.2, 0.25) is 0 Å². The molecule has 88 valence electrons. The van der Waals surface area contributed by atoms with Crippen molar-refractivity contribution < 1.29 is 0 Å². The van der Waals surface area contributed by atoms with Crippen molar-refractivity contribution >= 4 is 0 Å². The predicted molar refractivity (Wildman–Crippen MR) is 65.2 cm³/mol. The summed E-state index contributed by atoms with van der Waals surface area (Å²) in [6.07, 6.45) is 8.62. The summed E-state index contributed by atoms with van der Waals surface area (Å²) in [5, 5.41) is 0. The maximum atomic E-state index is 2.76. The van der Waals surface area contributed by atoms with Crippen molar-refractivity contribution in [3.05, 3.63) is 0 Å². The lowest BCUT2D eigenvalue weighted by Gasteiger charge is -2.42. The van der Waals surface area contributed by atoms with Gasteiger partial charge < -0.3 is 4.90 Å². The van der Waals surface area contributed by atoms with Crippen LogP contribution in [0.15, 0.2) is 0 Å². The van der Waals surface area contributed by atoms with Crippen molar-refractivity contribution in [1.82, 2.24) is 9.80 Å². The van der Waals surface area contributed by atoms with Crippen molar-refractivity contribution in [2.45, 2.75) is 57.5 Å². The summed E-state index contributed by atoms with van der Waals surface area (Å²) >= 11 is 0. The van der Waals surface area contributed by atoms with E-state index < -0.39 is 0 Å². The molecule has 1 saturated carbocycles. The van der Waals surface area contributed by atoms with Crippen molar-refractivity contribution in [3.8, 4) is 0 Å². The van der Waals surface area contributed by atoms with Gasteiger partial charge in [-0.25, -0.2) is 0 Å². The molecule has 0 unspecified atom stereocenters. The Morgan fingerprint density at radius 3 is 2.40 bits per heavy atom. The van der Waals surface area contributed by atoms with Gasteiger partial charge in [-0.3, -0.25) is 4.90 Å². The second-order valence-electron chi connectivity index (χ2n) is 5.24. The summed E-state index contributed by atoms with van der Waals surface area (Å²) in [6, 6.07) is 1.70. The molecular formula is C13H26N2. The van der Waals surface area contributed by atoms with Crippen LogP contribution in [0.4, 0.5) is 0 Å². The van der Waals surface area contributed by atoms with Crippen LogP contribution >= 0.6 is 0 Å². The molecule has 2 atom stereocenters. The van der Waals surface area contributed by atoms with Gasteiger partial charge in [-0.1, -0.05) is 19.8 Å². The highest BCUT2D eigenvalue weighted by Gasteiger charge is 2.32. The van der Waals surface area contributed by atoms with E-state index in [0.29, 0.717) is 0 Å². The van der Waals surface area contributed by atoms with Crippen LogP contribution in [-0.4, -0.2) is 48.6 Å². The molecule has 0 radical (unpaired) electrons. The zero-order chi connectivity index (χ0) is 10.7. The van der Waals surface area contributed by atoms with E-state index in [0.717, 1.165) is 12.1 Å². The molecule has 15 heavy (non-hydrogen) atoms. The molecule has 2 rings (SSSR count). The molecule has 0 amide bonds. The Morgan fingerprint density at radius 2 is 1.73 bits per heavy atom. The van der Waals surface area contributed by atoms with Crippen molar-refractivity contribution in [3.63, 3.8) is 0 Å². The fourth-order valence-corrected chi connectivity index (χ4v) is 3.34. The lowest BCUT2D eigenvalue weighted by molar-refractivity contribution is 0.0797. The Hall–Kier alpha value is -0.0800. The molecule has 0 bridgehead atoms. The Bertz CT molecular complexity index is 187. The number of nitrogens with zero attached hydrogens (tertiary/aromatic N) is 2. The third-order valence-corrected chi connectivity index (χ3v) is 4.37. The van der Waals surface area contributed by atoms with Crippen molar-refractivity contribution in [1.29, 1.82) is 0 Å². The van der Waals surface area contributed by atoms with E-state index in [9.17, 15) is 0 Å². The van der Waals surface area contributed by atoms with Gasteiger partial charge in [0, 0.05) is 12.1 Å². The van der Waals surface area contributed by atoms with Gasteiger partial charge >= 0.3 is 0 Å². The molecule has 1 saturated heterocycles. The average molecular weight is 210 g/mol. The number of likely N-dealkylation sites (tertiary alicyclic amines) is 1. The zero-order valence-electron chi connectivity index (χ0n) is 10.4. The van der Waals surface area contributed by atoms with Gasteiger partial charge in [0.2, 0.25) is 0 Å². The lowest BCUT2D eigenvalue weighted by Crippen LogP contribution is -2.51. The van der Waals surface area contributed by atoms with Crippen LogP contribution < -0.4 is 0 Å². The fraction of sp³-hybridized carbons (Fsp3) is 1.00. The Morgan fingerprint density at radius 1 is 1.07 bits per heavy atom. The normalized spacial score (nSPS) is 33.8. The molecule has 1 heterocycles. The summed E-state index contributed by atoms with van der Waals surface area (Å²) in [5.74, 6) is 0. The second-order valence-corrected chi connectivity index (χ2v) is 5.24. The molecular weight excluding hydrogens is 184 g/mol. The molecule has 2 aliphatic rings. The van der Waals surface area contributed by atoms with E-state index >= 15 is 0 Å². The van der Waals surface area contributed by atoms with Gasteiger partial charge in [-0.15, -0.1) is 0 Å². The molecule has 0 aromatic rings. The standard InChI is InChI=1S/C13H26N2/c1-3-14(2)12-8-4-5-9-13(12)15-10-6-7-11-15/h12-13H,3-11H2,1-2H3/t12-,13+/m0/s1. The maximum absolute atomic E-state index is 2.76. The van der Waals surface area contributed by atoms with Crippen LogP contribution in [0.5, 0.6) is 0 Å². The highest BCUT2D eigenvalue weighted by molar-refractivity contribution is 4.90. The molecule has 1 aliphatic heterocycles. The largest absolute Gasteiger partial charge is 0.302 e. The third kappa shape index (κ3) is 2.54. The van der Waals surface area contributed by atoms with E-state index in [1.165, 1.54) is 58.2 Å². The maximum Gasteiger partial charge on any atom is 0.0251 e. The lowest BCUT2D eigenvalue weighted by atomic mass is 9.88. The third-order valence-electron chi connectivity index (χ3n) is 4.37. The van der Waals surface area contributed by atoms with Gasteiger partial charge in [0.05, 0.1) is 0 Å². The number of hydrogen-bond acceptors (Lipinski definition) is 2. The van der Waals surface area contributed by atoms with Crippen LogP contribution in [-0.2, 0) is 0 Å². The average Bonchev–Trinajstić information content (AvgIpc) is 2.81. The zero-order valence-corrected chi connectivity index (χ0v) is 10.4. The van der Waals surface area contributed by atoms with E-state index in [-0.39, 0.29) is 0 Å². The molecule has 2 nitrogen and oxygen atoms in total. The summed E-state index contributed by atoms with van der Waals surface area (Å²) in [5.41, 5.74) is 0. The molecule has 2 fully saturated rings. The van der Waals surface area contributed by atoms with E-state index in [1.54, 1.807) is 0 Å². The summed E-state index contributed by atoms with van der Waals surface area (Å²) in [4.78, 5) is 5.33. The minimum atomic E-state index is 0.835. The Labute approximate surface area is 94.6 Å². The highest BCUT2D eigenvalue weighted by Crippen LogP contribution is 2.28. The molecule has 0 aromatic carbocycles. The first-order valence-electron chi connectivity index (χ1n) is 6.77. The fourth-order valence-electron chi connectivity index (χ4n) is 3.34. The molecule has 0 spiro atoms. The van der Waals surface area contributed by atoms with Gasteiger partial charge in [0.1, 0.15) is 0 Å². The van der Waals surface area contributed by atoms with Crippen LogP contribution in [0.3, 0.4) is 0 Å². The Kier molecular flexibility index (Phi) is 4.04. The number of rotatable bonds is 3. The van der Waals surface area contributed by atoms with E-state index in [4.69, 9.17) is 0 Å². The second kappa shape index (κ2) is 5.31. The monoisotopic (exact) mass is 210 g/mol. The molecule has 0 N–H and O–H groups in total. The topological polar surface area (TPSA) is 6.48 Å². The van der Waals surface area contributed by atoms with Gasteiger partial charge in [0.25, 0.3) is 0 Å². The minimum absolute atomic E-state index is 0.835. The molecule has 0 aromatic heterocycles. The quantitative estimate of drug-likeness (QED) is 0.705. The number of likely N-dealkylation sites (N-methyl/N-ethyl adjacent to an activating group) is 1. The van der Waals surface area contributed by atoms with Crippen molar-refractivity contribution in [2.75, 3.05) is 26.7 Å². The van der Waals surface area contributed by atoms with Gasteiger partial charge in [0.15, 0.2) is 0 Å². The van der Waals surface area contributed by atoms with Gasteiger partial charge in [-0.05, 0) is 52.4 Å². The minimum Gasteiger partial charge on any atom is -0.302 e. The predicted octanol–water partition coefficient (Wildman–Crippen LogP) is 2.35. The first-order valence-corrected chi connectivity index (χ1v) is 6.77. The smallest absolute Gasteiger partial charge is 0.0251 e. The number of hydrogen-bond donors (Lipinski definition) is 0. The van der Waals surface area contributed by atoms with Crippen LogP contribution in [0.1, 0.15) is 45.4 Å². The van der Waals surface area contributed by atoms with Crippen molar-refractivity contribution in [2.24, 2.45) is 0 Å². The van der Waals surface area contributed by atoms with E-state index in [1.807, 2.05) is 0 Å². The SMILES string of the molecule is CCN(C)[C@H]1CCCC[C@H]1N1CCCC1.